The predicted molar refractivity (Wildman–Crippen MR) is 134 cm³/mol. The van der Waals surface area contributed by atoms with Crippen LogP contribution in [0.15, 0.2) is 61.2 Å². The smallest absolute Gasteiger partial charge is 0.337 e. The van der Waals surface area contributed by atoms with Crippen molar-refractivity contribution in [3.63, 3.8) is 0 Å². The van der Waals surface area contributed by atoms with Gasteiger partial charge in [0.2, 0.25) is 0 Å². The van der Waals surface area contributed by atoms with E-state index in [0.29, 0.717) is 17.6 Å². The van der Waals surface area contributed by atoms with Crippen LogP contribution >= 0.6 is 0 Å². The number of ether oxygens (including phenoxy) is 3. The van der Waals surface area contributed by atoms with Crippen molar-refractivity contribution in [1.82, 2.24) is 0 Å². The van der Waals surface area contributed by atoms with Gasteiger partial charge in [-0.25, -0.2) is 4.79 Å². The average molecular weight is 479 g/mol. The van der Waals surface area contributed by atoms with Crippen LogP contribution in [0.4, 0.5) is 0 Å². The molecule has 0 aliphatic heterocycles. The number of methoxy groups -OCH3 is 3. The minimum Gasteiger partial charge on any atom is -0.468 e. The van der Waals surface area contributed by atoms with E-state index in [2.05, 4.69) is 13.5 Å². The van der Waals surface area contributed by atoms with Crippen molar-refractivity contribution in [3.05, 3.63) is 77.9 Å². The quantitative estimate of drug-likeness (QED) is 0.182. The maximum Gasteiger partial charge on any atom is 0.337 e. The van der Waals surface area contributed by atoms with E-state index in [1.165, 1.54) is 21.3 Å². The van der Waals surface area contributed by atoms with Gasteiger partial charge in [0.25, 0.3) is 0 Å². The molecule has 0 saturated heterocycles. The molecule has 1 saturated carbocycles. The average Bonchev–Trinajstić information content (AvgIpc) is 3.54. The Morgan fingerprint density at radius 1 is 0.800 bits per heavy atom. The van der Waals surface area contributed by atoms with Crippen molar-refractivity contribution < 1.29 is 28.6 Å². The number of carbonyl (C=O) groups is 3. The van der Waals surface area contributed by atoms with Gasteiger partial charge in [0.05, 0.1) is 26.9 Å². The highest BCUT2D eigenvalue weighted by Gasteiger charge is 2.86. The van der Waals surface area contributed by atoms with Crippen molar-refractivity contribution in [1.29, 1.82) is 0 Å². The van der Waals surface area contributed by atoms with E-state index in [-0.39, 0.29) is 0 Å². The van der Waals surface area contributed by atoms with Crippen LogP contribution in [0, 0.1) is 10.8 Å². The second kappa shape index (κ2) is 10.9. The number of rotatable bonds is 11. The minimum atomic E-state index is -1.55. The largest absolute Gasteiger partial charge is 0.468 e. The molecule has 0 amide bonds. The Hall–Kier alpha value is -3.41. The fourth-order valence-electron chi connectivity index (χ4n) is 5.64. The van der Waals surface area contributed by atoms with Crippen molar-refractivity contribution in [2.75, 3.05) is 21.3 Å². The molecule has 186 valence electrons. The number of allylic oxidation sites excluding steroid dienone is 1. The van der Waals surface area contributed by atoms with Gasteiger partial charge >= 0.3 is 17.9 Å². The first-order valence-electron chi connectivity index (χ1n) is 12.0. The summed E-state index contributed by atoms with van der Waals surface area (Å²) in [6, 6.07) is 16.4. The zero-order chi connectivity index (χ0) is 25.6. The lowest BCUT2D eigenvalue weighted by molar-refractivity contribution is -0.163. The van der Waals surface area contributed by atoms with Gasteiger partial charge in [0, 0.05) is 11.3 Å². The van der Waals surface area contributed by atoms with Crippen LogP contribution in [-0.2, 0) is 23.8 Å². The molecule has 1 aliphatic rings. The van der Waals surface area contributed by atoms with Gasteiger partial charge in [-0.2, -0.15) is 0 Å². The van der Waals surface area contributed by atoms with E-state index in [1.54, 1.807) is 24.3 Å². The summed E-state index contributed by atoms with van der Waals surface area (Å²) in [7, 11) is 3.92. The number of hydrogen-bond acceptors (Lipinski definition) is 6. The van der Waals surface area contributed by atoms with E-state index in [9.17, 15) is 14.4 Å². The third kappa shape index (κ3) is 4.26. The first-order chi connectivity index (χ1) is 16.9. The predicted octanol–water partition coefficient (Wildman–Crippen LogP) is 5.57. The molecular weight excluding hydrogens is 444 g/mol. The fraction of sp³-hybridized carbons (Fsp3) is 0.414. The minimum absolute atomic E-state index is 0.406. The fourth-order valence-corrected chi connectivity index (χ4v) is 5.64. The van der Waals surface area contributed by atoms with Crippen molar-refractivity contribution in [2.45, 2.75) is 44.9 Å². The summed E-state index contributed by atoms with van der Waals surface area (Å²) in [6.07, 6.45) is 4.45. The Kier molecular flexibility index (Phi) is 8.15. The normalized spacial score (nSPS) is 19.9. The highest BCUT2D eigenvalue weighted by molar-refractivity contribution is 6.11. The van der Waals surface area contributed by atoms with Gasteiger partial charge < -0.3 is 14.2 Å². The van der Waals surface area contributed by atoms with Crippen LogP contribution in [0.25, 0.3) is 5.57 Å². The molecule has 0 bridgehead atoms. The van der Waals surface area contributed by atoms with Gasteiger partial charge in [-0.05, 0) is 35.3 Å². The standard InChI is InChI=1S/C29H34O6/c1-6-7-8-12-19-28(20(2)21-15-17-23(18-16-21)25(30)33-3)24(22-13-10-9-11-14-22)29(28,26(31)34-4)27(32)35-5/h9-11,13-18,24H,2,6-8,12,19H2,1,3-5H3/t24-,28-/m0/s1. The molecule has 2 atom stereocenters. The first-order valence-corrected chi connectivity index (χ1v) is 12.0. The highest BCUT2D eigenvalue weighted by atomic mass is 16.5. The summed E-state index contributed by atoms with van der Waals surface area (Å²) >= 11 is 0. The Bertz CT molecular complexity index is 1060. The number of benzene rings is 2. The molecule has 1 fully saturated rings. The van der Waals surface area contributed by atoms with Crippen LogP contribution in [0.5, 0.6) is 0 Å². The van der Waals surface area contributed by atoms with E-state index < -0.39 is 34.7 Å². The van der Waals surface area contributed by atoms with Gasteiger partial charge in [-0.3, -0.25) is 9.59 Å². The van der Waals surface area contributed by atoms with Gasteiger partial charge in [-0.1, -0.05) is 81.7 Å². The highest BCUT2D eigenvalue weighted by Crippen LogP contribution is 2.81. The number of esters is 3. The Morgan fingerprint density at radius 3 is 1.89 bits per heavy atom. The summed E-state index contributed by atoms with van der Waals surface area (Å²) in [5.41, 5.74) is 0.158. The number of carbonyl (C=O) groups excluding carboxylic acids is 3. The Balaban J connectivity index is 2.19. The third-order valence-electron chi connectivity index (χ3n) is 7.31. The molecule has 35 heavy (non-hydrogen) atoms. The molecule has 0 spiro atoms. The van der Waals surface area contributed by atoms with Crippen LogP contribution in [0.1, 0.15) is 66.4 Å². The summed E-state index contributed by atoms with van der Waals surface area (Å²) in [5, 5.41) is 0. The summed E-state index contributed by atoms with van der Waals surface area (Å²) in [5.74, 6) is -2.18. The molecule has 0 N–H and O–H groups in total. The first kappa shape index (κ1) is 26.2. The maximum absolute atomic E-state index is 13.5. The molecule has 0 heterocycles. The van der Waals surface area contributed by atoms with Crippen molar-refractivity contribution in [3.8, 4) is 0 Å². The topological polar surface area (TPSA) is 78.9 Å². The van der Waals surface area contributed by atoms with Crippen LogP contribution in [-0.4, -0.2) is 39.2 Å². The third-order valence-corrected chi connectivity index (χ3v) is 7.31. The van der Waals surface area contributed by atoms with Gasteiger partial charge in [0.1, 0.15) is 0 Å². The molecule has 1 aliphatic carbocycles. The van der Waals surface area contributed by atoms with E-state index in [0.717, 1.165) is 36.8 Å². The molecule has 3 rings (SSSR count). The van der Waals surface area contributed by atoms with Crippen LogP contribution in [0.2, 0.25) is 0 Å². The molecule has 6 nitrogen and oxygen atoms in total. The lowest BCUT2D eigenvalue weighted by Crippen LogP contribution is -2.35. The maximum atomic E-state index is 13.5. The SMILES string of the molecule is C=C(c1ccc(C(=O)OC)cc1)[C@@]1(CCCCCC)[C@H](c2ccccc2)C1(C(=O)OC)C(=O)OC. The molecule has 6 heteroatoms. The lowest BCUT2D eigenvalue weighted by Gasteiger charge is -2.25. The zero-order valence-corrected chi connectivity index (χ0v) is 21.0. The van der Waals surface area contributed by atoms with Crippen molar-refractivity contribution in [2.24, 2.45) is 10.8 Å². The van der Waals surface area contributed by atoms with E-state index in [4.69, 9.17) is 14.2 Å². The van der Waals surface area contributed by atoms with Crippen LogP contribution < -0.4 is 0 Å². The molecule has 2 aromatic carbocycles. The second-order valence-electron chi connectivity index (χ2n) is 8.96. The van der Waals surface area contributed by atoms with E-state index in [1.807, 2.05) is 30.3 Å². The summed E-state index contributed by atoms with van der Waals surface area (Å²) in [6.45, 7) is 6.56. The van der Waals surface area contributed by atoms with Crippen LogP contribution in [0.3, 0.4) is 0 Å². The van der Waals surface area contributed by atoms with Gasteiger partial charge in [0.15, 0.2) is 5.41 Å². The molecule has 0 unspecified atom stereocenters. The molecule has 0 radical (unpaired) electrons. The summed E-state index contributed by atoms with van der Waals surface area (Å²) < 4.78 is 15.3. The van der Waals surface area contributed by atoms with E-state index >= 15 is 0 Å². The lowest BCUT2D eigenvalue weighted by atomic mass is 9.78. The zero-order valence-electron chi connectivity index (χ0n) is 21.0. The Morgan fingerprint density at radius 2 is 1.37 bits per heavy atom. The second-order valence-corrected chi connectivity index (χ2v) is 8.96. The molecule has 0 aromatic heterocycles. The molecular formula is C29H34O6. The van der Waals surface area contributed by atoms with Crippen molar-refractivity contribution >= 4 is 23.5 Å². The number of hydrogen-bond donors (Lipinski definition) is 0. The monoisotopic (exact) mass is 478 g/mol. The molecule has 2 aromatic rings. The van der Waals surface area contributed by atoms with Gasteiger partial charge in [-0.15, -0.1) is 0 Å². The Labute approximate surface area is 207 Å². The number of unbranched alkanes of at least 4 members (excludes halogenated alkanes) is 3. The summed E-state index contributed by atoms with van der Waals surface area (Å²) in [4.78, 5) is 38.9.